The lowest BCUT2D eigenvalue weighted by molar-refractivity contribution is -0.104. The van der Waals surface area contributed by atoms with E-state index in [0.29, 0.717) is 40.4 Å². The minimum absolute atomic E-state index is 0. The number of fused-ring (bicyclic) bond motifs is 1. The van der Waals surface area contributed by atoms with E-state index >= 15 is 0 Å². The van der Waals surface area contributed by atoms with Crippen molar-refractivity contribution in [3.63, 3.8) is 0 Å². The monoisotopic (exact) mass is 659 g/mol. The Balaban J connectivity index is 0.00000115. The van der Waals surface area contributed by atoms with E-state index in [0.717, 1.165) is 43.5 Å². The Hall–Kier alpha value is -3.52. The Morgan fingerprint density at radius 3 is 2.09 bits per heavy atom. The Morgan fingerprint density at radius 1 is 1.02 bits per heavy atom. The molecule has 0 saturated carbocycles. The number of piperidine rings is 1. The highest BCUT2D eigenvalue weighted by Crippen LogP contribution is 2.40. The summed E-state index contributed by atoms with van der Waals surface area (Å²) in [5.41, 5.74) is 1.44. The first-order valence-corrected chi connectivity index (χ1v) is 16.3. The van der Waals surface area contributed by atoms with Crippen LogP contribution in [0.2, 0.25) is 0 Å². The Labute approximate surface area is 279 Å². The van der Waals surface area contributed by atoms with Gasteiger partial charge in [0.05, 0.1) is 12.8 Å². The van der Waals surface area contributed by atoms with E-state index in [2.05, 4.69) is 24.5 Å². The highest BCUT2D eigenvalue weighted by atomic mass is 32.2. The summed E-state index contributed by atoms with van der Waals surface area (Å²) in [6.07, 6.45) is 10.5. The van der Waals surface area contributed by atoms with Crippen LogP contribution in [0.5, 0.6) is 5.75 Å². The summed E-state index contributed by atoms with van der Waals surface area (Å²) in [5, 5.41) is 0. The normalized spacial score (nSPS) is 15.0. The molecule has 0 atom stereocenters. The molecule has 0 amide bonds. The molecule has 46 heavy (non-hydrogen) atoms. The van der Waals surface area contributed by atoms with E-state index < -0.39 is 5.51 Å². The Kier molecular flexibility index (Phi) is 19.7. The summed E-state index contributed by atoms with van der Waals surface area (Å²) < 4.78 is 43.1. The predicted molar refractivity (Wildman–Crippen MR) is 191 cm³/mol. The van der Waals surface area contributed by atoms with Crippen LogP contribution >= 0.6 is 11.8 Å². The molecule has 2 aliphatic rings. The highest BCUT2D eigenvalue weighted by molar-refractivity contribution is 8.00. The number of ketones is 1. The fourth-order valence-electron chi connectivity index (χ4n) is 4.59. The lowest BCUT2D eigenvalue weighted by Crippen LogP contribution is -2.33. The molecule has 0 bridgehead atoms. The van der Waals surface area contributed by atoms with Crippen LogP contribution in [0.3, 0.4) is 0 Å². The lowest BCUT2D eigenvalue weighted by atomic mass is 9.98. The third kappa shape index (κ3) is 13.5. The zero-order valence-corrected chi connectivity index (χ0v) is 28.7. The van der Waals surface area contributed by atoms with Crippen molar-refractivity contribution in [1.29, 1.82) is 0 Å². The largest absolute Gasteiger partial charge is 0.495 e. The van der Waals surface area contributed by atoms with Gasteiger partial charge in [0.25, 0.3) is 0 Å². The molecule has 0 spiro atoms. The third-order valence-corrected chi connectivity index (χ3v) is 7.62. The van der Waals surface area contributed by atoms with Crippen LogP contribution in [0, 0.1) is 5.92 Å². The van der Waals surface area contributed by atoms with Gasteiger partial charge in [0.2, 0.25) is 0 Å². The number of carbonyl (C=O) groups excluding carboxylic acids is 2. The molecule has 8 heteroatoms. The first-order chi connectivity index (χ1) is 21.4. The van der Waals surface area contributed by atoms with Gasteiger partial charge < -0.3 is 9.64 Å². The molecule has 1 aliphatic heterocycles. The summed E-state index contributed by atoms with van der Waals surface area (Å²) in [7, 11) is 1.62. The van der Waals surface area contributed by atoms with Crippen molar-refractivity contribution in [2.24, 2.45) is 5.92 Å². The molecule has 254 valence electrons. The minimum Gasteiger partial charge on any atom is -0.495 e. The maximum absolute atomic E-state index is 13.0. The number of aldehydes is 1. The summed E-state index contributed by atoms with van der Waals surface area (Å²) in [6.45, 7) is 19.6. The van der Waals surface area contributed by atoms with Crippen LogP contribution in [0.15, 0.2) is 82.8 Å². The van der Waals surface area contributed by atoms with Crippen LogP contribution in [0.25, 0.3) is 6.08 Å². The molecule has 0 aromatic heterocycles. The number of Topliss-reactive ketones (excluding diaryl/α,β-unsaturated/α-hetero) is 1. The topological polar surface area (TPSA) is 46.6 Å². The van der Waals surface area contributed by atoms with Crippen molar-refractivity contribution in [3.05, 3.63) is 94.6 Å². The number of ether oxygens (including phenoxy) is 1. The van der Waals surface area contributed by atoms with Gasteiger partial charge in [0.15, 0.2) is 5.78 Å². The number of halogens is 3. The van der Waals surface area contributed by atoms with Gasteiger partial charge in [0, 0.05) is 41.1 Å². The number of nitrogens with zero attached hydrogens (tertiary/aromatic N) is 1. The summed E-state index contributed by atoms with van der Waals surface area (Å²) in [5.74, 6) is 1.37. The zero-order chi connectivity index (χ0) is 34.2. The molecule has 4 rings (SSSR count). The van der Waals surface area contributed by atoms with E-state index in [4.69, 9.17) is 4.74 Å². The number of benzene rings is 2. The maximum atomic E-state index is 13.0. The van der Waals surface area contributed by atoms with Crippen molar-refractivity contribution < 1.29 is 27.5 Å². The van der Waals surface area contributed by atoms with E-state index in [1.54, 1.807) is 31.4 Å². The average molecular weight is 660 g/mol. The molecule has 0 radical (unpaired) electrons. The van der Waals surface area contributed by atoms with Crippen LogP contribution in [-0.2, 0) is 11.2 Å². The van der Waals surface area contributed by atoms with Crippen molar-refractivity contribution in [3.8, 4) is 5.75 Å². The van der Waals surface area contributed by atoms with Gasteiger partial charge in [-0.25, -0.2) is 0 Å². The molecule has 2 aromatic rings. The molecule has 0 unspecified atom stereocenters. The van der Waals surface area contributed by atoms with Gasteiger partial charge in [-0.05, 0) is 85.8 Å². The molecule has 1 aliphatic carbocycles. The SMILES string of the molecule is C.C=C/C(C=O)=C\C=C(C)C.CC.CC.COc1cc2c(cc1N1CCC(C)CC1)C/C(=C\c1ccc(SC(F)(F)F)cc1)C2=O. The summed E-state index contributed by atoms with van der Waals surface area (Å²) in [6, 6.07) is 9.96. The third-order valence-electron chi connectivity index (χ3n) is 6.88. The fourth-order valence-corrected chi connectivity index (χ4v) is 5.13. The smallest absolute Gasteiger partial charge is 0.446 e. The van der Waals surface area contributed by atoms with Crippen molar-refractivity contribution in [2.75, 3.05) is 25.1 Å². The lowest BCUT2D eigenvalue weighted by Gasteiger charge is -2.33. The molecule has 0 N–H and O–H groups in total. The van der Waals surface area contributed by atoms with Crippen LogP contribution in [0.1, 0.15) is 90.2 Å². The fraction of sp³-hybridized carbons (Fsp3) is 0.421. The van der Waals surface area contributed by atoms with Crippen LogP contribution in [-0.4, -0.2) is 37.8 Å². The molecule has 1 heterocycles. The molecule has 2 aromatic carbocycles. The van der Waals surface area contributed by atoms with Crippen molar-refractivity contribution in [2.45, 2.75) is 85.6 Å². The second-order valence-corrected chi connectivity index (χ2v) is 11.5. The zero-order valence-electron chi connectivity index (χ0n) is 27.9. The first kappa shape index (κ1) is 42.5. The highest BCUT2D eigenvalue weighted by Gasteiger charge is 2.30. The number of rotatable bonds is 7. The predicted octanol–water partition coefficient (Wildman–Crippen LogP) is 11.3. The van der Waals surface area contributed by atoms with Gasteiger partial charge in [-0.2, -0.15) is 13.2 Å². The maximum Gasteiger partial charge on any atom is 0.446 e. The number of hydrogen-bond donors (Lipinski definition) is 0. The van der Waals surface area contributed by atoms with Crippen LogP contribution in [0.4, 0.5) is 18.9 Å². The second kappa shape index (κ2) is 21.3. The Bertz CT molecular complexity index is 1340. The van der Waals surface area contributed by atoms with Gasteiger partial charge in [0.1, 0.15) is 12.0 Å². The standard InChI is InChI=1S/C24H24F3NO2S.C9H12O.2C2H6.CH4/c1-15-7-9-28(10-8-15)21-13-17-12-18(23(29)20(17)14-22(21)30-2)11-16-3-5-19(6-4-16)31-24(25,26)27;1-4-9(7-10)6-5-8(2)3;2*1-2;/h3-6,11,13-15H,7-10,12H2,1-2H3;4-7H,1H2,2-3H3;2*1-2H3;1H4/b18-11+;9-6+;;;. The van der Waals surface area contributed by atoms with Crippen molar-refractivity contribution >= 4 is 35.6 Å². The summed E-state index contributed by atoms with van der Waals surface area (Å²) >= 11 is -0.144. The number of thioether (sulfide) groups is 1. The number of hydrogen-bond acceptors (Lipinski definition) is 5. The molecular formula is C38H52F3NO3S. The second-order valence-electron chi connectivity index (χ2n) is 10.4. The minimum atomic E-state index is -4.31. The first-order valence-electron chi connectivity index (χ1n) is 15.4. The van der Waals surface area contributed by atoms with E-state index in [-0.39, 0.29) is 29.9 Å². The summed E-state index contributed by atoms with van der Waals surface area (Å²) in [4.78, 5) is 25.6. The molecular weight excluding hydrogens is 607 g/mol. The van der Waals surface area contributed by atoms with Gasteiger partial charge in [-0.3, -0.25) is 9.59 Å². The quantitative estimate of drug-likeness (QED) is 0.128. The van der Waals surface area contributed by atoms with E-state index in [1.807, 2.05) is 53.7 Å². The van der Waals surface area contributed by atoms with Gasteiger partial charge >= 0.3 is 5.51 Å². The number of allylic oxidation sites excluding steroid dienone is 6. The van der Waals surface area contributed by atoms with E-state index in [9.17, 15) is 22.8 Å². The van der Waals surface area contributed by atoms with Crippen molar-refractivity contribution in [1.82, 2.24) is 0 Å². The van der Waals surface area contributed by atoms with Gasteiger partial charge in [-0.15, -0.1) is 0 Å². The van der Waals surface area contributed by atoms with E-state index in [1.165, 1.54) is 23.8 Å². The number of carbonyl (C=O) groups is 2. The Morgan fingerprint density at radius 2 is 1.61 bits per heavy atom. The van der Waals surface area contributed by atoms with Crippen LogP contribution < -0.4 is 9.64 Å². The molecule has 1 fully saturated rings. The van der Waals surface area contributed by atoms with Gasteiger partial charge in [-0.1, -0.05) is 84.6 Å². The number of methoxy groups -OCH3 is 1. The number of anilines is 1. The number of alkyl halides is 3. The average Bonchev–Trinajstić information content (AvgIpc) is 3.33. The molecule has 4 nitrogen and oxygen atoms in total. The molecule has 1 saturated heterocycles.